The molecule has 1 aromatic heterocycles. The molecule has 0 bridgehead atoms. The summed E-state index contributed by atoms with van der Waals surface area (Å²) in [4.78, 5) is 20.4. The molecule has 0 radical (unpaired) electrons. The molecule has 2 heterocycles. The topological polar surface area (TPSA) is 48.5 Å². The Labute approximate surface area is 125 Å². The van der Waals surface area contributed by atoms with Gasteiger partial charge in [-0.05, 0) is 38.9 Å². The number of carbonyl (C=O) groups is 1. The first-order chi connectivity index (χ1) is 10.1. The van der Waals surface area contributed by atoms with E-state index in [1.165, 1.54) is 18.9 Å². The second-order valence-corrected chi connectivity index (χ2v) is 5.36. The quantitative estimate of drug-likeness (QED) is 0.869. The average molecular weight is 294 g/mol. The zero-order chi connectivity index (χ0) is 15.2. The molecule has 1 N–H and O–H groups in total. The molecule has 1 aliphatic heterocycles. The fourth-order valence-electron chi connectivity index (χ4n) is 2.52. The van der Waals surface area contributed by atoms with E-state index in [0.717, 1.165) is 25.8 Å². The highest BCUT2D eigenvalue weighted by molar-refractivity contribution is 5.98. The third kappa shape index (κ3) is 4.14. The van der Waals surface area contributed by atoms with Crippen LogP contribution in [0.15, 0.2) is 12.3 Å². The maximum Gasteiger partial charge on any atom is 0.257 e. The van der Waals surface area contributed by atoms with Crippen LogP contribution in [0.5, 0.6) is 0 Å². The van der Waals surface area contributed by atoms with Gasteiger partial charge in [-0.25, -0.2) is 9.37 Å². The van der Waals surface area contributed by atoms with Gasteiger partial charge in [0.05, 0.1) is 11.8 Å². The van der Waals surface area contributed by atoms with E-state index in [2.05, 4.69) is 15.2 Å². The summed E-state index contributed by atoms with van der Waals surface area (Å²) in [6.45, 7) is 6.26. The number of hydrogen-bond acceptors (Lipinski definition) is 4. The fraction of sp³-hybridized carbons (Fsp3) is 0.600. The van der Waals surface area contributed by atoms with Gasteiger partial charge in [-0.1, -0.05) is 0 Å². The van der Waals surface area contributed by atoms with Gasteiger partial charge in [0.15, 0.2) is 0 Å². The minimum absolute atomic E-state index is 0.197. The lowest BCUT2D eigenvalue weighted by Gasteiger charge is -2.22. The highest BCUT2D eigenvalue weighted by Gasteiger charge is 2.19. The van der Waals surface area contributed by atoms with Gasteiger partial charge in [0.1, 0.15) is 11.6 Å². The molecule has 0 spiro atoms. The number of anilines is 1. The summed E-state index contributed by atoms with van der Waals surface area (Å²) in [5.41, 5.74) is 0.292. The Hall–Kier alpha value is -1.69. The maximum atomic E-state index is 13.4. The van der Waals surface area contributed by atoms with Gasteiger partial charge in [0.25, 0.3) is 5.91 Å². The highest BCUT2D eigenvalue weighted by Crippen LogP contribution is 2.16. The van der Waals surface area contributed by atoms with Crippen molar-refractivity contribution in [3.05, 3.63) is 23.6 Å². The average Bonchev–Trinajstić information content (AvgIpc) is 2.99. The maximum absolute atomic E-state index is 13.4. The highest BCUT2D eigenvalue weighted by atomic mass is 19.1. The lowest BCUT2D eigenvalue weighted by molar-refractivity contribution is 0.0782. The Kier molecular flexibility index (Phi) is 5.50. The van der Waals surface area contributed by atoms with Crippen LogP contribution in [-0.2, 0) is 0 Å². The molecule has 2 rings (SSSR count). The third-order valence-corrected chi connectivity index (χ3v) is 3.73. The summed E-state index contributed by atoms with van der Waals surface area (Å²) in [6, 6.07) is 1.25. The lowest BCUT2D eigenvalue weighted by Crippen LogP contribution is -2.35. The number of aromatic nitrogens is 1. The summed E-state index contributed by atoms with van der Waals surface area (Å²) < 4.78 is 13.4. The van der Waals surface area contributed by atoms with E-state index in [1.807, 2.05) is 6.92 Å². The van der Waals surface area contributed by atoms with Crippen molar-refractivity contribution in [2.45, 2.75) is 19.8 Å². The van der Waals surface area contributed by atoms with Crippen LogP contribution in [0.1, 0.15) is 30.1 Å². The van der Waals surface area contributed by atoms with Crippen molar-refractivity contribution in [3.8, 4) is 0 Å². The minimum atomic E-state index is -0.493. The zero-order valence-corrected chi connectivity index (χ0v) is 12.7. The second-order valence-electron chi connectivity index (χ2n) is 5.36. The number of rotatable bonds is 6. The van der Waals surface area contributed by atoms with Crippen LogP contribution in [-0.4, -0.2) is 60.5 Å². The molecule has 116 valence electrons. The first-order valence-electron chi connectivity index (χ1n) is 7.49. The number of amides is 1. The van der Waals surface area contributed by atoms with Crippen molar-refractivity contribution in [1.82, 2.24) is 14.8 Å². The largest absolute Gasteiger partial charge is 0.370 e. The van der Waals surface area contributed by atoms with Crippen LogP contribution in [0.3, 0.4) is 0 Å². The molecule has 1 saturated heterocycles. The van der Waals surface area contributed by atoms with Crippen LogP contribution < -0.4 is 5.32 Å². The van der Waals surface area contributed by atoms with Crippen LogP contribution >= 0.6 is 0 Å². The Morgan fingerprint density at radius 3 is 2.86 bits per heavy atom. The van der Waals surface area contributed by atoms with Gasteiger partial charge < -0.3 is 15.1 Å². The molecule has 1 aromatic rings. The van der Waals surface area contributed by atoms with E-state index in [0.29, 0.717) is 24.5 Å². The van der Waals surface area contributed by atoms with Gasteiger partial charge in [-0.15, -0.1) is 0 Å². The molecule has 0 saturated carbocycles. The SMILES string of the molecule is CCNc1ncc(F)cc1C(=O)N(C)CCN1CCCC1. The number of likely N-dealkylation sites (tertiary alicyclic amines) is 1. The van der Waals surface area contributed by atoms with E-state index in [1.54, 1.807) is 11.9 Å². The number of hydrogen-bond donors (Lipinski definition) is 1. The predicted molar refractivity (Wildman–Crippen MR) is 81.0 cm³/mol. The lowest BCUT2D eigenvalue weighted by atomic mass is 10.2. The number of likely N-dealkylation sites (N-methyl/N-ethyl adjacent to an activating group) is 1. The van der Waals surface area contributed by atoms with Crippen molar-refractivity contribution in [2.24, 2.45) is 0 Å². The normalized spacial score (nSPS) is 15.2. The van der Waals surface area contributed by atoms with Gasteiger partial charge in [-0.2, -0.15) is 0 Å². The van der Waals surface area contributed by atoms with E-state index in [4.69, 9.17) is 0 Å². The van der Waals surface area contributed by atoms with Gasteiger partial charge >= 0.3 is 0 Å². The molecule has 1 aliphatic rings. The molecule has 6 heteroatoms. The van der Waals surface area contributed by atoms with Crippen molar-refractivity contribution in [3.63, 3.8) is 0 Å². The molecule has 0 atom stereocenters. The summed E-state index contributed by atoms with van der Waals surface area (Å²) in [5.74, 6) is -0.248. The predicted octanol–water partition coefficient (Wildman–Crippen LogP) is 1.82. The Balaban J connectivity index is 2.01. The van der Waals surface area contributed by atoms with Crippen molar-refractivity contribution in [1.29, 1.82) is 0 Å². The molecule has 1 amide bonds. The number of nitrogens with zero attached hydrogens (tertiary/aromatic N) is 3. The summed E-state index contributed by atoms with van der Waals surface area (Å²) in [5, 5.41) is 3.00. The molecule has 0 aromatic carbocycles. The fourth-order valence-corrected chi connectivity index (χ4v) is 2.52. The number of halogens is 1. The van der Waals surface area contributed by atoms with E-state index in [9.17, 15) is 9.18 Å². The summed E-state index contributed by atoms with van der Waals surface area (Å²) in [7, 11) is 1.75. The molecule has 1 fully saturated rings. The minimum Gasteiger partial charge on any atom is -0.370 e. The number of pyridine rings is 1. The standard InChI is InChI=1S/C15H23FN4O/c1-3-17-14-13(10-12(16)11-18-14)15(21)19(2)8-9-20-6-4-5-7-20/h10-11H,3-9H2,1-2H3,(H,17,18). The monoisotopic (exact) mass is 294 g/mol. The summed E-state index contributed by atoms with van der Waals surface area (Å²) in [6.07, 6.45) is 3.59. The van der Waals surface area contributed by atoms with Gasteiger partial charge in [0.2, 0.25) is 0 Å². The van der Waals surface area contributed by atoms with Crippen molar-refractivity contribution in [2.75, 3.05) is 45.1 Å². The molecular weight excluding hydrogens is 271 g/mol. The Morgan fingerprint density at radius 2 is 2.19 bits per heavy atom. The van der Waals surface area contributed by atoms with Crippen LogP contribution in [0, 0.1) is 5.82 Å². The smallest absolute Gasteiger partial charge is 0.257 e. The second kappa shape index (κ2) is 7.36. The third-order valence-electron chi connectivity index (χ3n) is 3.73. The zero-order valence-electron chi connectivity index (χ0n) is 12.7. The number of nitrogens with one attached hydrogen (secondary N) is 1. The van der Waals surface area contributed by atoms with Gasteiger partial charge in [-0.3, -0.25) is 4.79 Å². The first kappa shape index (κ1) is 15.7. The summed E-state index contributed by atoms with van der Waals surface area (Å²) >= 11 is 0. The van der Waals surface area contributed by atoms with E-state index >= 15 is 0 Å². The Bertz CT molecular complexity index is 489. The molecule has 21 heavy (non-hydrogen) atoms. The van der Waals surface area contributed by atoms with Crippen LogP contribution in [0.25, 0.3) is 0 Å². The first-order valence-corrected chi connectivity index (χ1v) is 7.49. The van der Waals surface area contributed by atoms with Crippen molar-refractivity contribution < 1.29 is 9.18 Å². The molecule has 0 unspecified atom stereocenters. The Morgan fingerprint density at radius 1 is 1.48 bits per heavy atom. The van der Waals surface area contributed by atoms with Crippen LogP contribution in [0.4, 0.5) is 10.2 Å². The van der Waals surface area contributed by atoms with Crippen LogP contribution in [0.2, 0.25) is 0 Å². The molecular formula is C15H23FN4O. The molecule has 5 nitrogen and oxygen atoms in total. The molecule has 0 aliphatic carbocycles. The van der Waals surface area contributed by atoms with Crippen molar-refractivity contribution >= 4 is 11.7 Å². The number of carbonyl (C=O) groups excluding carboxylic acids is 1. The van der Waals surface area contributed by atoms with Gasteiger partial charge in [0, 0.05) is 26.7 Å². The van der Waals surface area contributed by atoms with E-state index in [-0.39, 0.29) is 5.91 Å². The van der Waals surface area contributed by atoms with E-state index < -0.39 is 5.82 Å².